The molecule has 0 saturated carbocycles. The van der Waals surface area contributed by atoms with Crippen LogP contribution in [0.4, 0.5) is 0 Å². The van der Waals surface area contributed by atoms with Crippen molar-refractivity contribution < 1.29 is 14.3 Å². The van der Waals surface area contributed by atoms with Crippen molar-refractivity contribution in [1.82, 2.24) is 10.2 Å². The van der Waals surface area contributed by atoms with Gasteiger partial charge in [0.05, 0.1) is 13.5 Å². The Bertz CT molecular complexity index is 785. The lowest BCUT2D eigenvalue weighted by Gasteiger charge is -2.31. The summed E-state index contributed by atoms with van der Waals surface area (Å²) in [5.41, 5.74) is 3.07. The quantitative estimate of drug-likeness (QED) is 0.663. The molecule has 0 aliphatic carbocycles. The number of nitrogens with zero attached hydrogens (tertiary/aromatic N) is 1. The molecule has 0 aliphatic heterocycles. The van der Waals surface area contributed by atoms with Crippen LogP contribution >= 0.6 is 0 Å². The molecular formula is C24H32N2O3. The highest BCUT2D eigenvalue weighted by atomic mass is 16.5. The minimum absolute atomic E-state index is 0.0526. The summed E-state index contributed by atoms with van der Waals surface area (Å²) in [7, 11) is 1.62. The second-order valence-electron chi connectivity index (χ2n) is 7.25. The zero-order valence-corrected chi connectivity index (χ0v) is 17.9. The Labute approximate surface area is 174 Å². The SMILES string of the molecule is CCCNC(=O)[C@@H](CC)N(Cc1ccc(OC)cc1)C(=O)Cc1ccc(C)cc1. The first-order valence-electron chi connectivity index (χ1n) is 10.2. The van der Waals surface area contributed by atoms with Gasteiger partial charge in [-0.1, -0.05) is 55.8 Å². The summed E-state index contributed by atoms with van der Waals surface area (Å²) >= 11 is 0. The van der Waals surface area contributed by atoms with Crippen molar-refractivity contribution in [3.8, 4) is 5.75 Å². The summed E-state index contributed by atoms with van der Waals surface area (Å²) in [5, 5.41) is 2.94. The van der Waals surface area contributed by atoms with Crippen molar-refractivity contribution in [1.29, 1.82) is 0 Å². The lowest BCUT2D eigenvalue weighted by atomic mass is 10.1. The topological polar surface area (TPSA) is 58.6 Å². The van der Waals surface area contributed by atoms with Crippen LogP contribution in [0.1, 0.15) is 43.4 Å². The van der Waals surface area contributed by atoms with E-state index in [0.29, 0.717) is 19.5 Å². The number of benzene rings is 2. The van der Waals surface area contributed by atoms with E-state index in [9.17, 15) is 9.59 Å². The number of carbonyl (C=O) groups is 2. The van der Waals surface area contributed by atoms with Crippen LogP contribution in [0.25, 0.3) is 0 Å². The van der Waals surface area contributed by atoms with Gasteiger partial charge < -0.3 is 15.0 Å². The maximum absolute atomic E-state index is 13.2. The third-order valence-electron chi connectivity index (χ3n) is 4.92. The number of carbonyl (C=O) groups excluding carboxylic acids is 2. The lowest BCUT2D eigenvalue weighted by molar-refractivity contribution is -0.140. The van der Waals surface area contributed by atoms with E-state index in [4.69, 9.17) is 4.74 Å². The summed E-state index contributed by atoms with van der Waals surface area (Å²) < 4.78 is 5.22. The molecule has 2 rings (SSSR count). The Morgan fingerprint density at radius 3 is 2.17 bits per heavy atom. The summed E-state index contributed by atoms with van der Waals surface area (Å²) in [6.45, 7) is 6.96. The number of hydrogen-bond donors (Lipinski definition) is 1. The van der Waals surface area contributed by atoms with Gasteiger partial charge in [0.15, 0.2) is 0 Å². The fourth-order valence-electron chi connectivity index (χ4n) is 3.20. The molecule has 5 nitrogen and oxygen atoms in total. The lowest BCUT2D eigenvalue weighted by Crippen LogP contribution is -2.49. The van der Waals surface area contributed by atoms with Crippen LogP contribution in [0.2, 0.25) is 0 Å². The molecule has 29 heavy (non-hydrogen) atoms. The van der Waals surface area contributed by atoms with Gasteiger partial charge in [-0.15, -0.1) is 0 Å². The number of aryl methyl sites for hydroxylation is 1. The van der Waals surface area contributed by atoms with Crippen molar-refractivity contribution in [2.45, 2.75) is 52.6 Å². The fraction of sp³-hybridized carbons (Fsp3) is 0.417. The predicted octanol–water partition coefficient (Wildman–Crippen LogP) is 3.88. The van der Waals surface area contributed by atoms with Gasteiger partial charge in [-0.2, -0.15) is 0 Å². The number of nitrogens with one attached hydrogen (secondary N) is 1. The molecule has 1 atom stereocenters. The predicted molar refractivity (Wildman–Crippen MR) is 116 cm³/mol. The molecule has 0 aliphatic rings. The molecule has 0 spiro atoms. The van der Waals surface area contributed by atoms with Gasteiger partial charge in [0.1, 0.15) is 11.8 Å². The van der Waals surface area contributed by atoms with Gasteiger partial charge in [0.25, 0.3) is 0 Å². The van der Waals surface area contributed by atoms with E-state index in [2.05, 4.69) is 5.32 Å². The highest BCUT2D eigenvalue weighted by molar-refractivity contribution is 5.88. The molecule has 1 N–H and O–H groups in total. The molecule has 2 amide bonds. The third kappa shape index (κ3) is 6.63. The zero-order valence-electron chi connectivity index (χ0n) is 17.9. The van der Waals surface area contributed by atoms with E-state index in [1.54, 1.807) is 12.0 Å². The molecule has 0 saturated heterocycles. The maximum atomic E-state index is 13.2. The largest absolute Gasteiger partial charge is 0.497 e. The Kier molecular flexibility index (Phi) is 8.71. The van der Waals surface area contributed by atoms with E-state index >= 15 is 0 Å². The van der Waals surface area contributed by atoms with E-state index in [1.165, 1.54) is 0 Å². The van der Waals surface area contributed by atoms with Crippen LogP contribution in [0.3, 0.4) is 0 Å². The highest BCUT2D eigenvalue weighted by Crippen LogP contribution is 2.17. The van der Waals surface area contributed by atoms with E-state index < -0.39 is 6.04 Å². The van der Waals surface area contributed by atoms with Crippen molar-refractivity contribution >= 4 is 11.8 Å². The average Bonchev–Trinajstić information content (AvgIpc) is 2.74. The second-order valence-corrected chi connectivity index (χ2v) is 7.25. The van der Waals surface area contributed by atoms with Crippen molar-refractivity contribution in [2.75, 3.05) is 13.7 Å². The number of hydrogen-bond acceptors (Lipinski definition) is 3. The molecule has 0 fully saturated rings. The van der Waals surface area contributed by atoms with Crippen molar-refractivity contribution in [2.24, 2.45) is 0 Å². The summed E-state index contributed by atoms with van der Waals surface area (Å²) in [6.07, 6.45) is 1.69. The number of methoxy groups -OCH3 is 1. The molecule has 5 heteroatoms. The van der Waals surface area contributed by atoms with Gasteiger partial charge in [-0.3, -0.25) is 9.59 Å². The highest BCUT2D eigenvalue weighted by Gasteiger charge is 2.28. The molecule has 0 unspecified atom stereocenters. The fourth-order valence-corrected chi connectivity index (χ4v) is 3.20. The number of rotatable bonds is 10. The minimum atomic E-state index is -0.499. The first kappa shape index (κ1) is 22.5. The molecule has 2 aromatic rings. The molecule has 156 valence electrons. The third-order valence-corrected chi connectivity index (χ3v) is 4.92. The molecule has 2 aromatic carbocycles. The van der Waals surface area contributed by atoms with Crippen LogP contribution in [0, 0.1) is 6.92 Å². The van der Waals surface area contributed by atoms with Gasteiger partial charge in [-0.05, 0) is 43.0 Å². The van der Waals surface area contributed by atoms with Crippen molar-refractivity contribution in [3.63, 3.8) is 0 Å². The molecule has 0 aromatic heterocycles. The zero-order chi connectivity index (χ0) is 21.2. The summed E-state index contributed by atoms with van der Waals surface area (Å²) in [5.74, 6) is 0.613. The van der Waals surface area contributed by atoms with Crippen LogP contribution in [-0.4, -0.2) is 36.4 Å². The van der Waals surface area contributed by atoms with Gasteiger partial charge in [0, 0.05) is 13.1 Å². The molecular weight excluding hydrogens is 364 g/mol. The standard InChI is InChI=1S/C24H32N2O3/c1-5-15-25-24(28)22(6-2)26(17-20-11-13-21(29-4)14-12-20)23(27)16-19-9-7-18(3)8-10-19/h7-14,22H,5-6,15-17H2,1-4H3,(H,25,28)/t22-/m1/s1. The maximum Gasteiger partial charge on any atom is 0.242 e. The Morgan fingerprint density at radius 2 is 1.62 bits per heavy atom. The van der Waals surface area contributed by atoms with Crippen LogP contribution in [-0.2, 0) is 22.6 Å². The number of amides is 2. The Balaban J connectivity index is 2.24. The monoisotopic (exact) mass is 396 g/mol. The average molecular weight is 397 g/mol. The smallest absolute Gasteiger partial charge is 0.242 e. The first-order valence-corrected chi connectivity index (χ1v) is 10.2. The normalized spacial score (nSPS) is 11.6. The minimum Gasteiger partial charge on any atom is -0.497 e. The first-order chi connectivity index (χ1) is 14.0. The molecule has 0 bridgehead atoms. The summed E-state index contributed by atoms with van der Waals surface area (Å²) in [6, 6.07) is 15.0. The Morgan fingerprint density at radius 1 is 1.00 bits per heavy atom. The van der Waals surface area contributed by atoms with Crippen LogP contribution < -0.4 is 10.1 Å². The second kappa shape index (κ2) is 11.2. The number of ether oxygens (including phenoxy) is 1. The van der Waals surface area contributed by atoms with E-state index in [0.717, 1.165) is 28.9 Å². The molecule has 0 heterocycles. The Hall–Kier alpha value is -2.82. The van der Waals surface area contributed by atoms with Gasteiger partial charge >= 0.3 is 0 Å². The van der Waals surface area contributed by atoms with Crippen LogP contribution in [0.15, 0.2) is 48.5 Å². The van der Waals surface area contributed by atoms with E-state index in [1.807, 2.05) is 69.3 Å². The van der Waals surface area contributed by atoms with E-state index in [-0.39, 0.29) is 18.2 Å². The van der Waals surface area contributed by atoms with Crippen molar-refractivity contribution in [3.05, 3.63) is 65.2 Å². The van der Waals surface area contributed by atoms with Crippen LogP contribution in [0.5, 0.6) is 5.75 Å². The van der Waals surface area contributed by atoms with Gasteiger partial charge in [-0.25, -0.2) is 0 Å². The molecule has 0 radical (unpaired) electrons. The summed E-state index contributed by atoms with van der Waals surface area (Å²) in [4.78, 5) is 27.7. The van der Waals surface area contributed by atoms with Gasteiger partial charge in [0.2, 0.25) is 11.8 Å².